The summed E-state index contributed by atoms with van der Waals surface area (Å²) < 4.78 is 0. The number of nitrogens with zero attached hydrogens (tertiary/aromatic N) is 1. The molecular weight excluding hydrogens is 226 g/mol. The van der Waals surface area contributed by atoms with Gasteiger partial charge in [0.25, 0.3) is 0 Å². The minimum absolute atomic E-state index is 0.0813. The standard InChI is InChI=1S/C15H21NO2/c1-11-10-16(3)8-7-15(11,2)13-6-4-5-12(9-13)14(17)18/h4-6,9,11H,7-8,10H2,1-3H3,(H,17,18)/t11?,15-/m1/s1. The van der Waals surface area contributed by atoms with Gasteiger partial charge in [-0.15, -0.1) is 0 Å². The Labute approximate surface area is 108 Å². The molecule has 0 saturated carbocycles. The summed E-state index contributed by atoms with van der Waals surface area (Å²) in [6.45, 7) is 6.64. The Morgan fingerprint density at radius 1 is 1.50 bits per heavy atom. The van der Waals surface area contributed by atoms with E-state index in [4.69, 9.17) is 5.11 Å². The average molecular weight is 247 g/mol. The highest BCUT2D eigenvalue weighted by molar-refractivity contribution is 5.87. The molecule has 2 atom stereocenters. The molecule has 1 N–H and O–H groups in total. The Bertz CT molecular complexity index is 458. The van der Waals surface area contributed by atoms with Gasteiger partial charge in [0.05, 0.1) is 5.56 Å². The summed E-state index contributed by atoms with van der Waals surface area (Å²) >= 11 is 0. The number of hydrogen-bond donors (Lipinski definition) is 1. The summed E-state index contributed by atoms with van der Waals surface area (Å²) in [6.07, 6.45) is 1.08. The maximum atomic E-state index is 11.1. The molecule has 1 unspecified atom stereocenters. The van der Waals surface area contributed by atoms with Gasteiger partial charge in [0, 0.05) is 6.54 Å². The lowest BCUT2D eigenvalue weighted by Crippen LogP contribution is -2.45. The maximum Gasteiger partial charge on any atom is 0.335 e. The summed E-state index contributed by atoms with van der Waals surface area (Å²) in [5.74, 6) is -0.318. The Kier molecular flexibility index (Phi) is 3.44. The molecule has 1 aromatic carbocycles. The number of carbonyl (C=O) groups is 1. The molecule has 0 spiro atoms. The molecule has 3 nitrogen and oxygen atoms in total. The van der Waals surface area contributed by atoms with Crippen LogP contribution in [0, 0.1) is 5.92 Å². The van der Waals surface area contributed by atoms with Gasteiger partial charge in [-0.25, -0.2) is 4.79 Å². The van der Waals surface area contributed by atoms with Gasteiger partial charge in [0.2, 0.25) is 0 Å². The van der Waals surface area contributed by atoms with Crippen LogP contribution in [0.3, 0.4) is 0 Å². The number of hydrogen-bond acceptors (Lipinski definition) is 2. The molecule has 1 aliphatic rings. The van der Waals surface area contributed by atoms with Gasteiger partial charge in [0.15, 0.2) is 0 Å². The van der Waals surface area contributed by atoms with Gasteiger partial charge in [-0.05, 0) is 49.0 Å². The van der Waals surface area contributed by atoms with Crippen LogP contribution in [0.15, 0.2) is 24.3 Å². The average Bonchev–Trinajstić information content (AvgIpc) is 2.34. The summed E-state index contributed by atoms with van der Waals surface area (Å²) in [7, 11) is 2.14. The third-order valence-electron chi connectivity index (χ3n) is 4.46. The van der Waals surface area contributed by atoms with E-state index >= 15 is 0 Å². The van der Waals surface area contributed by atoms with Crippen molar-refractivity contribution in [2.45, 2.75) is 25.7 Å². The van der Waals surface area contributed by atoms with Crippen LogP contribution in [-0.4, -0.2) is 36.1 Å². The van der Waals surface area contributed by atoms with E-state index in [0.717, 1.165) is 25.1 Å². The minimum atomic E-state index is -0.846. The van der Waals surface area contributed by atoms with E-state index in [1.807, 2.05) is 12.1 Å². The molecule has 1 aliphatic heterocycles. The Balaban J connectivity index is 2.35. The molecule has 98 valence electrons. The third-order valence-corrected chi connectivity index (χ3v) is 4.46. The van der Waals surface area contributed by atoms with E-state index in [-0.39, 0.29) is 5.41 Å². The van der Waals surface area contributed by atoms with Gasteiger partial charge in [0.1, 0.15) is 0 Å². The first-order chi connectivity index (χ1) is 8.43. The lowest BCUT2D eigenvalue weighted by atomic mass is 9.68. The van der Waals surface area contributed by atoms with Crippen LogP contribution >= 0.6 is 0 Å². The normalized spacial score (nSPS) is 29.2. The molecule has 1 fully saturated rings. The third kappa shape index (κ3) is 2.27. The lowest BCUT2D eigenvalue weighted by Gasteiger charge is -2.44. The van der Waals surface area contributed by atoms with Crippen LogP contribution in [0.25, 0.3) is 0 Å². The second-order valence-corrected chi connectivity index (χ2v) is 5.72. The molecule has 0 aromatic heterocycles. The van der Waals surface area contributed by atoms with Crippen molar-refractivity contribution in [2.24, 2.45) is 5.92 Å². The van der Waals surface area contributed by atoms with E-state index in [0.29, 0.717) is 11.5 Å². The molecule has 1 saturated heterocycles. The molecule has 2 rings (SSSR count). The summed E-state index contributed by atoms with van der Waals surface area (Å²) in [5.41, 5.74) is 1.63. The molecular formula is C15H21NO2. The van der Waals surface area contributed by atoms with Gasteiger partial charge in [-0.2, -0.15) is 0 Å². The molecule has 18 heavy (non-hydrogen) atoms. The van der Waals surface area contributed by atoms with Gasteiger partial charge in [-0.1, -0.05) is 26.0 Å². The zero-order valence-corrected chi connectivity index (χ0v) is 11.3. The molecule has 1 aromatic rings. The number of piperidine rings is 1. The number of carboxylic acid groups (broad SMARTS) is 1. The van der Waals surface area contributed by atoms with Gasteiger partial charge in [-0.3, -0.25) is 0 Å². The second kappa shape index (κ2) is 4.73. The van der Waals surface area contributed by atoms with Crippen molar-refractivity contribution >= 4 is 5.97 Å². The highest BCUT2D eigenvalue weighted by Gasteiger charge is 2.37. The topological polar surface area (TPSA) is 40.5 Å². The summed E-state index contributed by atoms with van der Waals surface area (Å²) in [5, 5.41) is 9.09. The van der Waals surface area contributed by atoms with Crippen LogP contribution in [0.1, 0.15) is 36.2 Å². The number of rotatable bonds is 2. The predicted molar refractivity (Wildman–Crippen MR) is 72.0 cm³/mol. The number of benzene rings is 1. The Morgan fingerprint density at radius 3 is 2.83 bits per heavy atom. The molecule has 1 heterocycles. The van der Waals surface area contributed by atoms with Crippen molar-refractivity contribution in [1.82, 2.24) is 4.90 Å². The number of aromatic carboxylic acids is 1. The van der Waals surface area contributed by atoms with E-state index in [9.17, 15) is 4.79 Å². The first-order valence-corrected chi connectivity index (χ1v) is 6.46. The Morgan fingerprint density at radius 2 is 2.22 bits per heavy atom. The van der Waals surface area contributed by atoms with Crippen molar-refractivity contribution in [1.29, 1.82) is 0 Å². The van der Waals surface area contributed by atoms with Crippen molar-refractivity contribution in [3.63, 3.8) is 0 Å². The van der Waals surface area contributed by atoms with Gasteiger partial charge >= 0.3 is 5.97 Å². The number of likely N-dealkylation sites (tertiary alicyclic amines) is 1. The highest BCUT2D eigenvalue weighted by atomic mass is 16.4. The molecule has 0 aliphatic carbocycles. The summed E-state index contributed by atoms with van der Waals surface area (Å²) in [4.78, 5) is 13.4. The van der Waals surface area contributed by atoms with Crippen molar-refractivity contribution < 1.29 is 9.90 Å². The quantitative estimate of drug-likeness (QED) is 0.873. The Hall–Kier alpha value is -1.35. The van der Waals surface area contributed by atoms with Crippen LogP contribution in [0.4, 0.5) is 0 Å². The largest absolute Gasteiger partial charge is 0.478 e. The fourth-order valence-corrected chi connectivity index (χ4v) is 2.87. The molecule has 0 bridgehead atoms. The monoisotopic (exact) mass is 247 g/mol. The van der Waals surface area contributed by atoms with E-state index < -0.39 is 5.97 Å². The van der Waals surface area contributed by atoms with Crippen LogP contribution in [-0.2, 0) is 5.41 Å². The van der Waals surface area contributed by atoms with Crippen LogP contribution < -0.4 is 0 Å². The fraction of sp³-hybridized carbons (Fsp3) is 0.533. The summed E-state index contributed by atoms with van der Waals surface area (Å²) in [6, 6.07) is 7.42. The second-order valence-electron chi connectivity index (χ2n) is 5.72. The van der Waals surface area contributed by atoms with Crippen LogP contribution in [0.5, 0.6) is 0 Å². The highest BCUT2D eigenvalue weighted by Crippen LogP contribution is 2.39. The van der Waals surface area contributed by atoms with E-state index in [1.54, 1.807) is 6.07 Å². The molecule has 0 amide bonds. The van der Waals surface area contributed by atoms with E-state index in [2.05, 4.69) is 31.9 Å². The first-order valence-electron chi connectivity index (χ1n) is 6.46. The predicted octanol–water partition coefficient (Wildman–Crippen LogP) is 2.61. The van der Waals surface area contributed by atoms with E-state index in [1.165, 1.54) is 0 Å². The molecule has 0 radical (unpaired) electrons. The van der Waals surface area contributed by atoms with Gasteiger partial charge < -0.3 is 10.0 Å². The van der Waals surface area contributed by atoms with Crippen molar-refractivity contribution in [2.75, 3.05) is 20.1 Å². The van der Waals surface area contributed by atoms with Crippen molar-refractivity contribution in [3.05, 3.63) is 35.4 Å². The van der Waals surface area contributed by atoms with Crippen molar-refractivity contribution in [3.8, 4) is 0 Å². The smallest absolute Gasteiger partial charge is 0.335 e. The fourth-order valence-electron chi connectivity index (χ4n) is 2.87. The zero-order chi connectivity index (χ0) is 13.3. The first kappa shape index (κ1) is 13.1. The maximum absolute atomic E-state index is 11.1. The number of carboxylic acids is 1. The molecule has 3 heteroatoms. The van der Waals surface area contributed by atoms with Crippen LogP contribution in [0.2, 0.25) is 0 Å². The minimum Gasteiger partial charge on any atom is -0.478 e. The lowest BCUT2D eigenvalue weighted by molar-refractivity contribution is 0.0696. The zero-order valence-electron chi connectivity index (χ0n) is 11.3. The SMILES string of the molecule is CC1CN(C)CC[C@@]1(C)c1cccc(C(=O)O)c1.